The number of aryl methyl sites for hydroxylation is 1. The molecule has 6 heteroatoms. The first kappa shape index (κ1) is 12.8. The minimum atomic E-state index is -0.958. The summed E-state index contributed by atoms with van der Waals surface area (Å²) in [7, 11) is 0. The third-order valence-corrected chi connectivity index (χ3v) is 5.46. The highest BCUT2D eigenvalue weighted by molar-refractivity contribution is 7.10. The standard InChI is InChI=1S/C13H16N2O3S/c14-15-9(2-1-3-10(15)13(17)18)12-8(6-7-19-12)4-5-11(15)16/h6-7,9-10H,1-5,14H2/p+1/t9-,10+,15?/m1/s1. The van der Waals surface area contributed by atoms with E-state index >= 15 is 0 Å². The van der Waals surface area contributed by atoms with Crippen LogP contribution in [0.1, 0.15) is 42.2 Å². The monoisotopic (exact) mass is 281 g/mol. The number of quaternary nitrogens is 1. The van der Waals surface area contributed by atoms with Gasteiger partial charge in [-0.05, 0) is 29.9 Å². The summed E-state index contributed by atoms with van der Waals surface area (Å²) in [6, 6.07) is 1.05. The second-order valence-corrected chi connectivity index (χ2v) is 6.29. The van der Waals surface area contributed by atoms with Crippen molar-refractivity contribution in [3.8, 4) is 0 Å². The predicted octanol–water partition coefficient (Wildman–Crippen LogP) is 1.59. The van der Waals surface area contributed by atoms with E-state index in [0.29, 0.717) is 19.3 Å². The van der Waals surface area contributed by atoms with Crippen LogP contribution in [0.5, 0.6) is 0 Å². The van der Waals surface area contributed by atoms with Crippen molar-refractivity contribution in [3.63, 3.8) is 0 Å². The maximum Gasteiger partial charge on any atom is 0.364 e. The second kappa shape index (κ2) is 4.40. The van der Waals surface area contributed by atoms with E-state index in [1.165, 1.54) is 5.56 Å². The Kier molecular flexibility index (Phi) is 2.96. The average Bonchev–Trinajstić information content (AvgIpc) is 2.79. The molecule has 3 atom stereocenters. The van der Waals surface area contributed by atoms with Gasteiger partial charge in [0.2, 0.25) is 6.04 Å². The average molecular weight is 281 g/mol. The van der Waals surface area contributed by atoms with Crippen LogP contribution in [-0.4, -0.2) is 27.6 Å². The Hall–Kier alpha value is -1.24. The van der Waals surface area contributed by atoms with Crippen molar-refractivity contribution in [1.29, 1.82) is 0 Å². The van der Waals surface area contributed by atoms with Gasteiger partial charge in [-0.15, -0.1) is 11.3 Å². The summed E-state index contributed by atoms with van der Waals surface area (Å²) < 4.78 is -0.428. The highest BCUT2D eigenvalue weighted by atomic mass is 32.1. The first-order chi connectivity index (χ1) is 9.05. The van der Waals surface area contributed by atoms with E-state index in [0.717, 1.165) is 17.7 Å². The van der Waals surface area contributed by atoms with Gasteiger partial charge >= 0.3 is 11.9 Å². The summed E-state index contributed by atoms with van der Waals surface area (Å²) in [5.41, 5.74) is 1.17. The lowest BCUT2D eigenvalue weighted by atomic mass is 9.92. The van der Waals surface area contributed by atoms with Crippen LogP contribution in [0.25, 0.3) is 0 Å². The maximum absolute atomic E-state index is 12.4. The van der Waals surface area contributed by atoms with Crippen molar-refractivity contribution >= 4 is 23.2 Å². The first-order valence-electron chi connectivity index (χ1n) is 6.54. The molecule has 0 aromatic carbocycles. The van der Waals surface area contributed by atoms with Gasteiger partial charge in [0.25, 0.3) is 0 Å². The lowest BCUT2D eigenvalue weighted by Gasteiger charge is -2.43. The number of nitrogens with two attached hydrogens (primary N) is 1. The zero-order valence-corrected chi connectivity index (χ0v) is 11.4. The number of thiophene rings is 1. The van der Waals surface area contributed by atoms with Gasteiger partial charge in [-0.3, -0.25) is 0 Å². The molecule has 3 heterocycles. The molecule has 2 aliphatic rings. The molecule has 1 aromatic heterocycles. The first-order valence-corrected chi connectivity index (χ1v) is 7.42. The van der Waals surface area contributed by atoms with Crippen LogP contribution < -0.4 is 5.84 Å². The number of carboxylic acids is 1. The van der Waals surface area contributed by atoms with Crippen molar-refractivity contribution in [1.82, 2.24) is 0 Å². The van der Waals surface area contributed by atoms with Gasteiger partial charge in [-0.1, -0.05) is 0 Å². The van der Waals surface area contributed by atoms with Crippen LogP contribution in [0.3, 0.4) is 0 Å². The largest absolute Gasteiger partial charge is 0.477 e. The Morgan fingerprint density at radius 3 is 2.95 bits per heavy atom. The van der Waals surface area contributed by atoms with Gasteiger partial charge in [-0.25, -0.2) is 9.59 Å². The zero-order valence-electron chi connectivity index (χ0n) is 10.5. The summed E-state index contributed by atoms with van der Waals surface area (Å²) in [5.74, 6) is 5.24. The van der Waals surface area contributed by atoms with E-state index in [-0.39, 0.29) is 11.9 Å². The molecular formula is C13H17N2O3S+. The second-order valence-electron chi connectivity index (χ2n) is 5.34. The number of nitrogens with zero attached hydrogens (tertiary/aromatic N) is 1. The number of carboxylic acid groups (broad SMARTS) is 1. The Morgan fingerprint density at radius 1 is 1.42 bits per heavy atom. The van der Waals surface area contributed by atoms with Crippen LogP contribution in [0.2, 0.25) is 0 Å². The number of fused-ring (bicyclic) bond motifs is 3. The Balaban J connectivity index is 2.13. The molecule has 1 fully saturated rings. The fraction of sp³-hybridized carbons (Fsp3) is 0.538. The Morgan fingerprint density at radius 2 is 2.21 bits per heavy atom. The fourth-order valence-corrected chi connectivity index (χ4v) is 4.56. The van der Waals surface area contributed by atoms with E-state index in [4.69, 9.17) is 5.84 Å². The minimum Gasteiger partial charge on any atom is -0.477 e. The van der Waals surface area contributed by atoms with Crippen molar-refractivity contribution < 1.29 is 19.3 Å². The normalized spacial score (nSPS) is 34.3. The molecule has 1 amide bonds. The third-order valence-electron chi connectivity index (χ3n) is 4.40. The molecule has 0 bridgehead atoms. The number of amides is 1. The van der Waals surface area contributed by atoms with Crippen molar-refractivity contribution in [3.05, 3.63) is 21.9 Å². The van der Waals surface area contributed by atoms with Crippen LogP contribution >= 0.6 is 11.3 Å². The van der Waals surface area contributed by atoms with Gasteiger partial charge in [0, 0.05) is 12.8 Å². The van der Waals surface area contributed by atoms with Crippen molar-refractivity contribution in [2.75, 3.05) is 0 Å². The van der Waals surface area contributed by atoms with Gasteiger partial charge in [0.15, 0.2) is 0 Å². The molecule has 1 unspecified atom stereocenters. The van der Waals surface area contributed by atoms with Gasteiger partial charge in [0.05, 0.1) is 11.3 Å². The van der Waals surface area contributed by atoms with Crippen LogP contribution in [0.4, 0.5) is 0 Å². The molecule has 1 aromatic rings. The van der Waals surface area contributed by atoms with Gasteiger partial charge in [0.1, 0.15) is 6.04 Å². The summed E-state index contributed by atoms with van der Waals surface area (Å²) in [6.07, 6.45) is 3.09. The fourth-order valence-electron chi connectivity index (χ4n) is 3.41. The topological polar surface area (TPSA) is 80.4 Å². The van der Waals surface area contributed by atoms with Gasteiger partial charge in [-0.2, -0.15) is 10.4 Å². The zero-order chi connectivity index (χ0) is 13.6. The maximum atomic E-state index is 12.4. The van der Waals surface area contributed by atoms with Crippen LogP contribution in [-0.2, 0) is 16.0 Å². The summed E-state index contributed by atoms with van der Waals surface area (Å²) in [5, 5.41) is 11.4. The molecule has 19 heavy (non-hydrogen) atoms. The number of rotatable bonds is 1. The SMILES string of the molecule is N[N+]12C(=O)CCc3ccsc3[C@H]1CCC[C@H]2C(=O)O. The minimum absolute atomic E-state index is 0.138. The van der Waals surface area contributed by atoms with Gasteiger partial charge < -0.3 is 5.11 Å². The lowest BCUT2D eigenvalue weighted by Crippen LogP contribution is -2.69. The third kappa shape index (κ3) is 1.74. The van der Waals surface area contributed by atoms with Crippen molar-refractivity contribution in [2.24, 2.45) is 5.84 Å². The number of piperidine rings is 1. The summed E-state index contributed by atoms with van der Waals surface area (Å²) >= 11 is 1.60. The van der Waals surface area contributed by atoms with E-state index in [9.17, 15) is 14.7 Å². The van der Waals surface area contributed by atoms with Crippen LogP contribution in [0, 0.1) is 0 Å². The number of hydrogen-bond donors (Lipinski definition) is 2. The highest BCUT2D eigenvalue weighted by Crippen LogP contribution is 2.44. The molecule has 0 spiro atoms. The van der Waals surface area contributed by atoms with Crippen molar-refractivity contribution in [2.45, 2.75) is 44.2 Å². The number of aliphatic carboxylic acids is 1. The smallest absolute Gasteiger partial charge is 0.364 e. The highest BCUT2D eigenvalue weighted by Gasteiger charge is 2.56. The molecule has 0 radical (unpaired) electrons. The molecule has 5 nitrogen and oxygen atoms in total. The summed E-state index contributed by atoms with van der Waals surface area (Å²) in [4.78, 5) is 25.0. The quantitative estimate of drug-likeness (QED) is 0.465. The molecule has 2 aliphatic heterocycles. The number of hydrogen-bond acceptors (Lipinski definition) is 4. The molecule has 3 N–H and O–H groups in total. The lowest BCUT2D eigenvalue weighted by molar-refractivity contribution is -0.918. The molecule has 102 valence electrons. The Bertz CT molecular complexity index is 542. The van der Waals surface area contributed by atoms with Crippen LogP contribution in [0.15, 0.2) is 11.4 Å². The molecule has 3 rings (SSSR count). The number of carbonyl (C=O) groups excluding carboxylic acids is 1. The van der Waals surface area contributed by atoms with E-state index in [1.807, 2.05) is 11.4 Å². The van der Waals surface area contributed by atoms with E-state index in [1.54, 1.807) is 11.3 Å². The number of carbonyl (C=O) groups is 2. The predicted molar refractivity (Wildman–Crippen MR) is 70.1 cm³/mol. The van der Waals surface area contributed by atoms with E-state index < -0.39 is 16.6 Å². The molecule has 0 aliphatic carbocycles. The Labute approximate surface area is 115 Å². The molecule has 0 saturated carbocycles. The molecular weight excluding hydrogens is 264 g/mol. The molecule has 1 saturated heterocycles. The van der Waals surface area contributed by atoms with E-state index in [2.05, 4.69) is 0 Å². The summed E-state index contributed by atoms with van der Waals surface area (Å²) in [6.45, 7) is 0.